The smallest absolute Gasteiger partial charge is 0.373 e. The number of carbonyl (C=O) groups excluding carboxylic acids is 3. The van der Waals surface area contributed by atoms with Gasteiger partial charge < -0.3 is 18.6 Å². The van der Waals surface area contributed by atoms with Crippen molar-refractivity contribution in [1.82, 2.24) is 4.90 Å². The van der Waals surface area contributed by atoms with Crippen molar-refractivity contribution in [1.29, 1.82) is 0 Å². The summed E-state index contributed by atoms with van der Waals surface area (Å²) in [4.78, 5) is 38.4. The van der Waals surface area contributed by atoms with E-state index in [1.165, 1.54) is 19.2 Å². The summed E-state index contributed by atoms with van der Waals surface area (Å²) in [5.74, 6) is 0.0646. The molecule has 2 amide bonds. The highest BCUT2D eigenvalue weighted by molar-refractivity contribution is 9.10. The van der Waals surface area contributed by atoms with Gasteiger partial charge >= 0.3 is 5.97 Å². The molecule has 0 N–H and O–H groups in total. The van der Waals surface area contributed by atoms with E-state index in [-0.39, 0.29) is 29.6 Å². The van der Waals surface area contributed by atoms with Gasteiger partial charge in [0.2, 0.25) is 5.76 Å². The topological polar surface area (TPSA) is 95.3 Å². The van der Waals surface area contributed by atoms with Crippen molar-refractivity contribution < 1.29 is 33.0 Å². The van der Waals surface area contributed by atoms with Gasteiger partial charge in [-0.1, -0.05) is 29.3 Å². The first-order valence-corrected chi connectivity index (χ1v) is 13.5. The van der Waals surface area contributed by atoms with E-state index in [2.05, 4.69) is 20.7 Å². The van der Waals surface area contributed by atoms with Crippen LogP contribution < -0.4 is 9.47 Å². The maximum absolute atomic E-state index is 13.0. The standard InChI is InChI=1S/C26H20BrCl2NO7S/c1-3-35-21-10-15(8-17(27)23(21)36-13-14-4-6-18(28)19(29)9-14)11-22-24(31)30(26(33)38-22)12-16-5-7-20(37-16)25(32)34-2/h4-11H,3,12-13H2,1-2H3/b22-11+. The summed E-state index contributed by atoms with van der Waals surface area (Å²) >= 11 is 16.4. The Labute approximate surface area is 240 Å². The largest absolute Gasteiger partial charge is 0.490 e. The normalized spacial score (nSPS) is 14.3. The van der Waals surface area contributed by atoms with Crippen LogP contribution in [0.4, 0.5) is 4.79 Å². The molecule has 1 aromatic heterocycles. The predicted molar refractivity (Wildman–Crippen MR) is 148 cm³/mol. The number of nitrogens with zero attached hydrogens (tertiary/aromatic N) is 1. The van der Waals surface area contributed by atoms with Gasteiger partial charge in [0.1, 0.15) is 12.4 Å². The van der Waals surface area contributed by atoms with Crippen molar-refractivity contribution in [2.24, 2.45) is 0 Å². The Morgan fingerprint density at radius 2 is 1.89 bits per heavy atom. The minimum atomic E-state index is -0.648. The first kappa shape index (κ1) is 28.1. The number of hydrogen-bond acceptors (Lipinski definition) is 8. The highest BCUT2D eigenvalue weighted by atomic mass is 79.9. The highest BCUT2D eigenvalue weighted by Crippen LogP contribution is 2.40. The summed E-state index contributed by atoms with van der Waals surface area (Å²) in [7, 11) is 1.23. The third kappa shape index (κ3) is 6.37. The molecule has 0 saturated carbocycles. The van der Waals surface area contributed by atoms with Crippen molar-refractivity contribution in [3.8, 4) is 11.5 Å². The van der Waals surface area contributed by atoms with Crippen molar-refractivity contribution in [2.75, 3.05) is 13.7 Å². The lowest BCUT2D eigenvalue weighted by Crippen LogP contribution is -2.27. The van der Waals surface area contributed by atoms with Gasteiger partial charge in [-0.15, -0.1) is 0 Å². The third-order valence-corrected chi connectivity index (χ3v) is 7.47. The summed E-state index contributed by atoms with van der Waals surface area (Å²) in [5, 5.41) is 0.426. The number of methoxy groups -OCH3 is 1. The molecular formula is C26H20BrCl2NO7S. The van der Waals surface area contributed by atoms with Gasteiger partial charge in [0.15, 0.2) is 11.5 Å². The maximum atomic E-state index is 13.0. The molecule has 1 saturated heterocycles. The molecule has 0 radical (unpaired) electrons. The minimum absolute atomic E-state index is 0.0141. The fourth-order valence-corrected chi connectivity index (χ4v) is 5.21. The van der Waals surface area contributed by atoms with E-state index in [0.717, 1.165) is 22.2 Å². The van der Waals surface area contributed by atoms with Gasteiger partial charge in [0.05, 0.1) is 39.7 Å². The Hall–Kier alpha value is -2.92. The van der Waals surface area contributed by atoms with E-state index >= 15 is 0 Å². The summed E-state index contributed by atoms with van der Waals surface area (Å²) in [6.45, 7) is 2.33. The van der Waals surface area contributed by atoms with Crippen LogP contribution in [0.15, 0.2) is 56.3 Å². The molecule has 1 fully saturated rings. The van der Waals surface area contributed by atoms with Gasteiger partial charge in [-0.25, -0.2) is 4.79 Å². The summed E-state index contributed by atoms with van der Waals surface area (Å²) < 4.78 is 22.4. The van der Waals surface area contributed by atoms with Crippen LogP contribution in [0.25, 0.3) is 6.08 Å². The van der Waals surface area contributed by atoms with E-state index in [9.17, 15) is 14.4 Å². The number of thioether (sulfide) groups is 1. The Bertz CT molecular complexity index is 1440. The van der Waals surface area contributed by atoms with E-state index in [4.69, 9.17) is 37.1 Å². The Balaban J connectivity index is 1.53. The van der Waals surface area contributed by atoms with E-state index in [0.29, 0.717) is 38.2 Å². The Kier molecular flexibility index (Phi) is 9.09. The molecule has 0 aliphatic carbocycles. The molecule has 2 heterocycles. The quantitative estimate of drug-likeness (QED) is 0.177. The average molecular weight is 641 g/mol. The number of amides is 2. The molecule has 3 aromatic rings. The summed E-state index contributed by atoms with van der Waals surface area (Å²) in [6.07, 6.45) is 1.60. The van der Waals surface area contributed by atoms with Crippen LogP contribution in [0.5, 0.6) is 11.5 Å². The molecule has 4 rings (SSSR count). The van der Waals surface area contributed by atoms with Gasteiger partial charge in [-0.2, -0.15) is 0 Å². The lowest BCUT2D eigenvalue weighted by Gasteiger charge is -2.15. The zero-order valence-corrected chi connectivity index (χ0v) is 24.0. The van der Waals surface area contributed by atoms with E-state index < -0.39 is 17.1 Å². The molecule has 0 spiro atoms. The molecule has 12 heteroatoms. The molecule has 2 aromatic carbocycles. The number of rotatable bonds is 9. The Morgan fingerprint density at radius 3 is 2.61 bits per heavy atom. The molecule has 38 heavy (non-hydrogen) atoms. The highest BCUT2D eigenvalue weighted by Gasteiger charge is 2.36. The van der Waals surface area contributed by atoms with Crippen LogP contribution >= 0.6 is 50.9 Å². The van der Waals surface area contributed by atoms with Crippen molar-refractivity contribution in [3.05, 3.63) is 84.5 Å². The summed E-state index contributed by atoms with van der Waals surface area (Å²) in [5.41, 5.74) is 1.44. The van der Waals surface area contributed by atoms with Crippen molar-refractivity contribution in [2.45, 2.75) is 20.1 Å². The lowest BCUT2D eigenvalue weighted by atomic mass is 10.1. The number of hydrogen-bond donors (Lipinski definition) is 0. The van der Waals surface area contributed by atoms with Gasteiger partial charge in [0, 0.05) is 0 Å². The fourth-order valence-electron chi connectivity index (χ4n) is 3.48. The van der Waals surface area contributed by atoms with E-state index in [1.807, 2.05) is 13.0 Å². The van der Waals surface area contributed by atoms with Crippen LogP contribution in [0.2, 0.25) is 10.0 Å². The van der Waals surface area contributed by atoms with Crippen LogP contribution in [-0.2, 0) is 22.7 Å². The first-order valence-electron chi connectivity index (χ1n) is 11.2. The molecule has 198 valence electrons. The monoisotopic (exact) mass is 639 g/mol. The number of esters is 1. The van der Waals surface area contributed by atoms with Gasteiger partial charge in [0.25, 0.3) is 11.1 Å². The molecule has 0 unspecified atom stereocenters. The molecule has 1 aliphatic rings. The molecule has 0 bridgehead atoms. The predicted octanol–water partition coefficient (Wildman–Crippen LogP) is 7.35. The SMILES string of the molecule is CCOc1cc(/C=C2/SC(=O)N(Cc3ccc(C(=O)OC)o3)C2=O)cc(Br)c1OCc1ccc(Cl)c(Cl)c1. The maximum Gasteiger partial charge on any atom is 0.373 e. The molecule has 0 atom stereocenters. The second-order valence-electron chi connectivity index (χ2n) is 7.83. The second-order valence-corrected chi connectivity index (χ2v) is 10.5. The minimum Gasteiger partial charge on any atom is -0.490 e. The van der Waals surface area contributed by atoms with Gasteiger partial charge in [-0.3, -0.25) is 14.5 Å². The van der Waals surface area contributed by atoms with Crippen molar-refractivity contribution in [3.63, 3.8) is 0 Å². The first-order chi connectivity index (χ1) is 18.2. The van der Waals surface area contributed by atoms with Crippen LogP contribution in [0, 0.1) is 0 Å². The fraction of sp³-hybridized carbons (Fsp3) is 0.192. The summed E-state index contributed by atoms with van der Waals surface area (Å²) in [6, 6.07) is 11.7. The zero-order valence-electron chi connectivity index (χ0n) is 20.1. The molecule has 8 nitrogen and oxygen atoms in total. The molecule has 1 aliphatic heterocycles. The zero-order chi connectivity index (χ0) is 27.4. The number of furan rings is 1. The van der Waals surface area contributed by atoms with Crippen LogP contribution in [0.3, 0.4) is 0 Å². The average Bonchev–Trinajstić information content (AvgIpc) is 3.46. The van der Waals surface area contributed by atoms with Crippen molar-refractivity contribution >= 4 is 74.1 Å². The number of benzene rings is 2. The second kappa shape index (κ2) is 12.3. The number of imide groups is 1. The number of ether oxygens (including phenoxy) is 3. The lowest BCUT2D eigenvalue weighted by molar-refractivity contribution is -0.123. The number of halogens is 3. The van der Waals surface area contributed by atoms with Crippen LogP contribution in [0.1, 0.15) is 34.4 Å². The van der Waals surface area contributed by atoms with Crippen LogP contribution in [-0.4, -0.2) is 35.7 Å². The number of carbonyl (C=O) groups is 3. The molecular weight excluding hydrogens is 621 g/mol. The Morgan fingerprint density at radius 1 is 1.11 bits per heavy atom. The third-order valence-electron chi connectivity index (χ3n) is 5.23. The van der Waals surface area contributed by atoms with Gasteiger partial charge in [-0.05, 0) is 88.2 Å². The van der Waals surface area contributed by atoms with E-state index in [1.54, 1.807) is 30.3 Å².